The third kappa shape index (κ3) is 3.97. The molecule has 136 valence electrons. The first kappa shape index (κ1) is 19.0. The molecule has 3 amide bonds. The minimum absolute atomic E-state index is 0.169. The number of hydrogen-bond donors (Lipinski definition) is 1. The minimum atomic E-state index is -0.479. The first-order valence-electron chi connectivity index (χ1n) is 7.81. The lowest BCUT2D eigenvalue weighted by Crippen LogP contribution is -2.25. The van der Waals surface area contributed by atoms with Gasteiger partial charge in [0.15, 0.2) is 5.75 Å². The number of benzene rings is 2. The molecule has 0 bridgehead atoms. The summed E-state index contributed by atoms with van der Waals surface area (Å²) in [4.78, 5) is 24.5. The Bertz CT molecular complexity index is 990. The Hall–Kier alpha value is -2.82. The van der Waals surface area contributed by atoms with E-state index in [1.807, 2.05) is 12.1 Å². The molecule has 0 radical (unpaired) electrons. The van der Waals surface area contributed by atoms with Crippen LogP contribution in [0.3, 0.4) is 0 Å². The molecule has 1 N–H and O–H groups in total. The Kier molecular flexibility index (Phi) is 5.49. The summed E-state index contributed by atoms with van der Waals surface area (Å²) in [6, 6.07) is 12.1. The second-order valence-corrected chi connectivity index (χ2v) is 6.99. The van der Waals surface area contributed by atoms with Gasteiger partial charge in [0.05, 0.1) is 21.1 Å². The summed E-state index contributed by atoms with van der Waals surface area (Å²) in [6.07, 6.45) is 1.54. The second-order valence-electron chi connectivity index (χ2n) is 5.72. The molecule has 0 unspecified atom stereocenters. The van der Waals surface area contributed by atoms with Crippen molar-refractivity contribution in [2.24, 2.45) is 0 Å². The maximum Gasteiger partial charge on any atom is 0.328 e. The number of carbonyl (C=O) groups is 2. The predicted molar refractivity (Wildman–Crippen MR) is 104 cm³/mol. The number of hydrogen-bond acceptors (Lipinski definition) is 4. The van der Waals surface area contributed by atoms with Crippen molar-refractivity contribution in [3.8, 4) is 11.8 Å². The number of urea groups is 1. The zero-order valence-corrected chi connectivity index (χ0v) is 16.5. The third-order valence-electron chi connectivity index (χ3n) is 3.92. The molecule has 0 aliphatic carbocycles. The molecule has 3 rings (SSSR count). The SMILES string of the molecule is CN1C(=O)N/C(=C/c2cc(Cl)c(OCc3ccccc3C#N)c(Br)c2)C1=O. The summed E-state index contributed by atoms with van der Waals surface area (Å²) in [5, 5.41) is 12.0. The van der Waals surface area contributed by atoms with E-state index in [0.29, 0.717) is 26.4 Å². The van der Waals surface area contributed by atoms with E-state index in [0.717, 1.165) is 10.5 Å². The van der Waals surface area contributed by atoms with Crippen LogP contribution in [0.15, 0.2) is 46.6 Å². The van der Waals surface area contributed by atoms with Crippen LogP contribution in [0.25, 0.3) is 6.08 Å². The highest BCUT2D eigenvalue weighted by atomic mass is 79.9. The van der Waals surface area contributed by atoms with E-state index in [9.17, 15) is 9.59 Å². The highest BCUT2D eigenvalue weighted by Gasteiger charge is 2.30. The van der Waals surface area contributed by atoms with E-state index in [1.54, 1.807) is 24.3 Å². The van der Waals surface area contributed by atoms with Gasteiger partial charge in [-0.25, -0.2) is 4.79 Å². The smallest absolute Gasteiger partial charge is 0.328 e. The third-order valence-corrected chi connectivity index (χ3v) is 4.79. The molecule has 1 aliphatic rings. The van der Waals surface area contributed by atoms with Crippen LogP contribution in [0.2, 0.25) is 5.02 Å². The number of carbonyl (C=O) groups excluding carboxylic acids is 2. The zero-order valence-electron chi connectivity index (χ0n) is 14.1. The normalized spacial score (nSPS) is 15.0. The fourth-order valence-corrected chi connectivity index (χ4v) is 3.48. The average Bonchev–Trinajstić information content (AvgIpc) is 2.88. The van der Waals surface area contributed by atoms with Gasteiger partial charge in [0.1, 0.15) is 12.3 Å². The van der Waals surface area contributed by atoms with Crippen LogP contribution < -0.4 is 10.1 Å². The number of nitrogens with zero attached hydrogens (tertiary/aromatic N) is 2. The molecule has 27 heavy (non-hydrogen) atoms. The topological polar surface area (TPSA) is 82.4 Å². The summed E-state index contributed by atoms with van der Waals surface area (Å²) >= 11 is 9.73. The van der Waals surface area contributed by atoms with Crippen LogP contribution in [-0.4, -0.2) is 23.9 Å². The molecule has 1 heterocycles. The number of likely N-dealkylation sites (N-methyl/N-ethyl adjacent to an activating group) is 1. The number of ether oxygens (including phenoxy) is 1. The van der Waals surface area contributed by atoms with E-state index < -0.39 is 11.9 Å². The Morgan fingerprint density at radius 1 is 1.33 bits per heavy atom. The van der Waals surface area contributed by atoms with Crippen molar-refractivity contribution in [1.82, 2.24) is 10.2 Å². The summed E-state index contributed by atoms with van der Waals surface area (Å²) < 4.78 is 6.37. The summed E-state index contributed by atoms with van der Waals surface area (Å²) in [6.45, 7) is 0.182. The number of nitrogens with one attached hydrogen (secondary N) is 1. The van der Waals surface area contributed by atoms with Crippen LogP contribution in [0.4, 0.5) is 4.79 Å². The maximum atomic E-state index is 12.0. The predicted octanol–water partition coefficient (Wildman–Crippen LogP) is 4.08. The fraction of sp³-hybridized carbons (Fsp3) is 0.105. The van der Waals surface area contributed by atoms with Crippen molar-refractivity contribution in [2.75, 3.05) is 7.05 Å². The van der Waals surface area contributed by atoms with E-state index in [-0.39, 0.29) is 12.3 Å². The molecule has 0 spiro atoms. The van der Waals surface area contributed by atoms with Crippen molar-refractivity contribution in [3.05, 3.63) is 68.3 Å². The molecule has 1 saturated heterocycles. The first-order valence-corrected chi connectivity index (χ1v) is 8.98. The van der Waals surface area contributed by atoms with Crippen LogP contribution in [0.1, 0.15) is 16.7 Å². The maximum absolute atomic E-state index is 12.0. The van der Waals surface area contributed by atoms with Gasteiger partial charge >= 0.3 is 6.03 Å². The number of rotatable bonds is 4. The molecular formula is C19H13BrClN3O3. The molecule has 1 fully saturated rings. The standard InChI is InChI=1S/C19H13BrClN3O3/c1-24-18(25)16(23-19(24)26)8-11-6-14(20)17(15(21)7-11)27-10-13-5-3-2-4-12(13)9-22/h2-8H,10H2,1H3,(H,23,26)/b16-8+. The zero-order chi connectivity index (χ0) is 19.6. The lowest BCUT2D eigenvalue weighted by molar-refractivity contribution is -0.121. The molecule has 6 nitrogen and oxygen atoms in total. The van der Waals surface area contributed by atoms with Gasteiger partial charge in [-0.05, 0) is 45.8 Å². The van der Waals surface area contributed by atoms with Crippen LogP contribution in [0, 0.1) is 11.3 Å². The van der Waals surface area contributed by atoms with Gasteiger partial charge in [-0.1, -0.05) is 29.8 Å². The Morgan fingerprint density at radius 3 is 2.70 bits per heavy atom. The summed E-state index contributed by atoms with van der Waals surface area (Å²) in [5.41, 5.74) is 2.07. The number of nitriles is 1. The van der Waals surface area contributed by atoms with E-state index in [4.69, 9.17) is 21.6 Å². The van der Waals surface area contributed by atoms with Crippen molar-refractivity contribution < 1.29 is 14.3 Å². The fourth-order valence-electron chi connectivity index (χ4n) is 2.50. The van der Waals surface area contributed by atoms with E-state index in [2.05, 4.69) is 27.3 Å². The molecule has 8 heteroatoms. The van der Waals surface area contributed by atoms with Crippen molar-refractivity contribution in [1.29, 1.82) is 5.26 Å². The summed E-state index contributed by atoms with van der Waals surface area (Å²) in [7, 11) is 1.40. The highest BCUT2D eigenvalue weighted by molar-refractivity contribution is 9.10. The molecule has 2 aromatic carbocycles. The quantitative estimate of drug-likeness (QED) is 0.567. The second kappa shape index (κ2) is 7.82. The number of amides is 3. The number of halogens is 2. The minimum Gasteiger partial charge on any atom is -0.486 e. The monoisotopic (exact) mass is 445 g/mol. The first-order chi connectivity index (χ1) is 12.9. The molecule has 0 aromatic heterocycles. The van der Waals surface area contributed by atoms with Gasteiger partial charge in [-0.2, -0.15) is 5.26 Å². The van der Waals surface area contributed by atoms with Gasteiger partial charge in [0, 0.05) is 12.6 Å². The van der Waals surface area contributed by atoms with Crippen LogP contribution >= 0.6 is 27.5 Å². The van der Waals surface area contributed by atoms with Crippen LogP contribution in [0.5, 0.6) is 5.75 Å². The Balaban J connectivity index is 1.83. The van der Waals surface area contributed by atoms with Crippen LogP contribution in [-0.2, 0) is 11.4 Å². The lowest BCUT2D eigenvalue weighted by Gasteiger charge is -2.12. The van der Waals surface area contributed by atoms with Gasteiger partial charge in [0.2, 0.25) is 0 Å². The van der Waals surface area contributed by atoms with Gasteiger partial charge in [-0.15, -0.1) is 0 Å². The van der Waals surface area contributed by atoms with E-state index >= 15 is 0 Å². The molecule has 0 atom stereocenters. The number of imide groups is 1. The molecular weight excluding hydrogens is 434 g/mol. The van der Waals surface area contributed by atoms with Gasteiger partial charge in [0.25, 0.3) is 5.91 Å². The molecule has 2 aromatic rings. The van der Waals surface area contributed by atoms with E-state index in [1.165, 1.54) is 13.1 Å². The lowest BCUT2D eigenvalue weighted by atomic mass is 10.1. The van der Waals surface area contributed by atoms with Crippen molar-refractivity contribution in [3.63, 3.8) is 0 Å². The average molecular weight is 447 g/mol. The summed E-state index contributed by atoms with van der Waals surface area (Å²) in [5.74, 6) is 0.00569. The van der Waals surface area contributed by atoms with Gasteiger partial charge < -0.3 is 10.1 Å². The van der Waals surface area contributed by atoms with Crippen molar-refractivity contribution >= 4 is 45.5 Å². The van der Waals surface area contributed by atoms with Gasteiger partial charge in [-0.3, -0.25) is 9.69 Å². The molecule has 1 aliphatic heterocycles. The van der Waals surface area contributed by atoms with Crippen molar-refractivity contribution in [2.45, 2.75) is 6.61 Å². The Morgan fingerprint density at radius 2 is 2.07 bits per heavy atom. The largest absolute Gasteiger partial charge is 0.486 e. The highest BCUT2D eigenvalue weighted by Crippen LogP contribution is 2.36. The Labute approximate surface area is 169 Å². The molecule has 0 saturated carbocycles.